The summed E-state index contributed by atoms with van der Waals surface area (Å²) in [7, 11) is 0. The zero-order chi connectivity index (χ0) is 8.81. The second-order valence-electron chi connectivity index (χ2n) is 3.02. The highest BCUT2D eigenvalue weighted by Gasteiger charge is 2.14. The summed E-state index contributed by atoms with van der Waals surface area (Å²) >= 11 is 0. The van der Waals surface area contributed by atoms with Crippen LogP contribution < -0.4 is 5.32 Å². The highest BCUT2D eigenvalue weighted by Crippen LogP contribution is 2.03. The van der Waals surface area contributed by atoms with Crippen molar-refractivity contribution < 1.29 is 14.6 Å². The molecule has 1 saturated heterocycles. The quantitative estimate of drug-likeness (QED) is 0.617. The standard InChI is InChI=1S/C8H17NO3/c1-7(6-10)9-5-8-11-3-2-4-12-8/h7-10H,2-6H2,1H3. The average molecular weight is 175 g/mol. The molecule has 0 amide bonds. The van der Waals surface area contributed by atoms with Gasteiger partial charge in [0.1, 0.15) is 0 Å². The molecule has 12 heavy (non-hydrogen) atoms. The highest BCUT2D eigenvalue weighted by atomic mass is 16.7. The predicted molar refractivity (Wildman–Crippen MR) is 44.9 cm³/mol. The van der Waals surface area contributed by atoms with Gasteiger partial charge < -0.3 is 19.9 Å². The average Bonchev–Trinajstić information content (AvgIpc) is 2.16. The third-order valence-corrected chi connectivity index (χ3v) is 1.80. The molecule has 0 spiro atoms. The van der Waals surface area contributed by atoms with Crippen molar-refractivity contribution >= 4 is 0 Å². The van der Waals surface area contributed by atoms with E-state index in [1.165, 1.54) is 0 Å². The summed E-state index contributed by atoms with van der Waals surface area (Å²) < 4.78 is 10.6. The van der Waals surface area contributed by atoms with Gasteiger partial charge in [0.15, 0.2) is 6.29 Å². The third-order valence-electron chi connectivity index (χ3n) is 1.80. The van der Waals surface area contributed by atoms with Crippen LogP contribution in [-0.2, 0) is 9.47 Å². The maximum Gasteiger partial charge on any atom is 0.169 e. The van der Waals surface area contributed by atoms with E-state index in [4.69, 9.17) is 14.6 Å². The normalized spacial score (nSPS) is 22.5. The molecular formula is C8H17NO3. The first-order valence-electron chi connectivity index (χ1n) is 4.40. The molecule has 1 unspecified atom stereocenters. The second kappa shape index (κ2) is 5.48. The van der Waals surface area contributed by atoms with Gasteiger partial charge in [-0.15, -0.1) is 0 Å². The number of rotatable bonds is 4. The van der Waals surface area contributed by atoms with Gasteiger partial charge in [0, 0.05) is 12.6 Å². The zero-order valence-electron chi connectivity index (χ0n) is 7.45. The predicted octanol–water partition coefficient (Wildman–Crippen LogP) is -0.280. The van der Waals surface area contributed by atoms with Crippen LogP contribution in [-0.4, -0.2) is 43.8 Å². The fourth-order valence-corrected chi connectivity index (χ4v) is 1.02. The summed E-state index contributed by atoms with van der Waals surface area (Å²) in [4.78, 5) is 0. The Hall–Kier alpha value is -0.160. The maximum absolute atomic E-state index is 8.72. The molecule has 0 bridgehead atoms. The van der Waals surface area contributed by atoms with Crippen molar-refractivity contribution in [3.63, 3.8) is 0 Å². The zero-order valence-corrected chi connectivity index (χ0v) is 7.45. The first-order chi connectivity index (χ1) is 5.83. The van der Waals surface area contributed by atoms with Crippen LogP contribution in [0, 0.1) is 0 Å². The molecule has 1 fully saturated rings. The Morgan fingerprint density at radius 3 is 2.75 bits per heavy atom. The Bertz CT molecular complexity index is 115. The molecule has 0 saturated carbocycles. The number of ether oxygens (including phenoxy) is 2. The smallest absolute Gasteiger partial charge is 0.169 e. The van der Waals surface area contributed by atoms with E-state index in [9.17, 15) is 0 Å². The van der Waals surface area contributed by atoms with Crippen LogP contribution in [0.15, 0.2) is 0 Å². The van der Waals surface area contributed by atoms with Gasteiger partial charge in [0.05, 0.1) is 19.8 Å². The van der Waals surface area contributed by atoms with Crippen LogP contribution in [0.5, 0.6) is 0 Å². The molecular weight excluding hydrogens is 158 g/mol. The molecule has 0 aromatic carbocycles. The van der Waals surface area contributed by atoms with E-state index in [-0.39, 0.29) is 18.9 Å². The van der Waals surface area contributed by atoms with Gasteiger partial charge in [-0.05, 0) is 13.3 Å². The van der Waals surface area contributed by atoms with E-state index in [0.717, 1.165) is 19.6 Å². The van der Waals surface area contributed by atoms with E-state index >= 15 is 0 Å². The van der Waals surface area contributed by atoms with Gasteiger partial charge in [-0.3, -0.25) is 0 Å². The van der Waals surface area contributed by atoms with Crippen molar-refractivity contribution in [2.45, 2.75) is 25.7 Å². The molecule has 4 heteroatoms. The number of hydrogen-bond acceptors (Lipinski definition) is 4. The molecule has 0 aromatic heterocycles. The van der Waals surface area contributed by atoms with Gasteiger partial charge in [0.2, 0.25) is 0 Å². The lowest BCUT2D eigenvalue weighted by molar-refractivity contribution is -0.175. The minimum Gasteiger partial charge on any atom is -0.395 e. The van der Waals surface area contributed by atoms with E-state index in [0.29, 0.717) is 6.54 Å². The van der Waals surface area contributed by atoms with Crippen molar-refractivity contribution in [3.8, 4) is 0 Å². The fourth-order valence-electron chi connectivity index (χ4n) is 1.02. The van der Waals surface area contributed by atoms with Gasteiger partial charge >= 0.3 is 0 Å². The van der Waals surface area contributed by atoms with E-state index < -0.39 is 0 Å². The Kier molecular flexibility index (Phi) is 4.53. The monoisotopic (exact) mass is 175 g/mol. The molecule has 1 aliphatic rings. The maximum atomic E-state index is 8.72. The van der Waals surface area contributed by atoms with Gasteiger partial charge in [-0.25, -0.2) is 0 Å². The minimum absolute atomic E-state index is 0.110. The van der Waals surface area contributed by atoms with Crippen LogP contribution in [0.4, 0.5) is 0 Å². The van der Waals surface area contributed by atoms with Gasteiger partial charge in [-0.2, -0.15) is 0 Å². The molecule has 1 atom stereocenters. The Balaban J connectivity index is 2.05. The first kappa shape index (κ1) is 9.92. The lowest BCUT2D eigenvalue weighted by Gasteiger charge is -2.24. The SMILES string of the molecule is CC(CO)NCC1OCCCO1. The summed E-state index contributed by atoms with van der Waals surface area (Å²) in [6, 6.07) is 0.110. The highest BCUT2D eigenvalue weighted by molar-refractivity contribution is 4.61. The molecule has 1 rings (SSSR count). The van der Waals surface area contributed by atoms with Crippen molar-refractivity contribution in [2.24, 2.45) is 0 Å². The molecule has 1 heterocycles. The van der Waals surface area contributed by atoms with Crippen molar-refractivity contribution in [1.82, 2.24) is 5.32 Å². The molecule has 4 nitrogen and oxygen atoms in total. The topological polar surface area (TPSA) is 50.7 Å². The number of aliphatic hydroxyl groups is 1. The summed E-state index contributed by atoms with van der Waals surface area (Å²) in [6.07, 6.45) is 0.847. The van der Waals surface area contributed by atoms with Gasteiger partial charge in [-0.1, -0.05) is 0 Å². The van der Waals surface area contributed by atoms with Crippen LogP contribution in [0.1, 0.15) is 13.3 Å². The van der Waals surface area contributed by atoms with Crippen LogP contribution >= 0.6 is 0 Å². The molecule has 2 N–H and O–H groups in total. The first-order valence-corrected chi connectivity index (χ1v) is 4.40. The summed E-state index contributed by atoms with van der Waals surface area (Å²) in [5, 5.41) is 11.8. The second-order valence-corrected chi connectivity index (χ2v) is 3.02. The van der Waals surface area contributed by atoms with Crippen molar-refractivity contribution in [2.75, 3.05) is 26.4 Å². The molecule has 0 radical (unpaired) electrons. The molecule has 0 aromatic rings. The lowest BCUT2D eigenvalue weighted by atomic mass is 10.3. The minimum atomic E-state index is -0.132. The molecule has 1 aliphatic heterocycles. The van der Waals surface area contributed by atoms with Crippen molar-refractivity contribution in [1.29, 1.82) is 0 Å². The van der Waals surface area contributed by atoms with E-state index in [1.54, 1.807) is 0 Å². The fraction of sp³-hybridized carbons (Fsp3) is 1.00. The summed E-state index contributed by atoms with van der Waals surface area (Å²) in [6.45, 7) is 4.27. The third kappa shape index (κ3) is 3.49. The van der Waals surface area contributed by atoms with Crippen LogP contribution in [0.25, 0.3) is 0 Å². The summed E-state index contributed by atoms with van der Waals surface area (Å²) in [5.41, 5.74) is 0. The van der Waals surface area contributed by atoms with Gasteiger partial charge in [0.25, 0.3) is 0 Å². The number of nitrogens with one attached hydrogen (secondary N) is 1. The Morgan fingerprint density at radius 1 is 1.50 bits per heavy atom. The molecule has 0 aliphatic carbocycles. The Labute approximate surface area is 72.9 Å². The largest absolute Gasteiger partial charge is 0.395 e. The lowest BCUT2D eigenvalue weighted by Crippen LogP contribution is -2.40. The Morgan fingerprint density at radius 2 is 2.17 bits per heavy atom. The molecule has 72 valence electrons. The number of hydrogen-bond donors (Lipinski definition) is 2. The number of aliphatic hydroxyl groups excluding tert-OH is 1. The summed E-state index contributed by atoms with van der Waals surface area (Å²) in [5.74, 6) is 0. The van der Waals surface area contributed by atoms with E-state index in [1.807, 2.05) is 6.92 Å². The van der Waals surface area contributed by atoms with E-state index in [2.05, 4.69) is 5.32 Å². The van der Waals surface area contributed by atoms with Crippen LogP contribution in [0.3, 0.4) is 0 Å². The van der Waals surface area contributed by atoms with Crippen LogP contribution in [0.2, 0.25) is 0 Å². The van der Waals surface area contributed by atoms with Crippen molar-refractivity contribution in [3.05, 3.63) is 0 Å².